The quantitative estimate of drug-likeness (QED) is 0.459. The van der Waals surface area contributed by atoms with Gasteiger partial charge in [0.2, 0.25) is 21.9 Å². The molecule has 0 unspecified atom stereocenters. The first-order chi connectivity index (χ1) is 15.5. The zero-order chi connectivity index (χ0) is 23.6. The van der Waals surface area contributed by atoms with Gasteiger partial charge in [-0.05, 0) is 31.0 Å². The number of H-pyrrole nitrogens is 1. The summed E-state index contributed by atoms with van der Waals surface area (Å²) in [6.07, 6.45) is -0.788. The number of alkyl halides is 3. The summed E-state index contributed by atoms with van der Waals surface area (Å²) in [6.45, 7) is -0.925. The van der Waals surface area contributed by atoms with E-state index in [1.807, 2.05) is 0 Å². The van der Waals surface area contributed by atoms with Gasteiger partial charge in [-0.15, -0.1) is 0 Å². The van der Waals surface area contributed by atoms with Crippen LogP contribution >= 0.6 is 0 Å². The van der Waals surface area contributed by atoms with E-state index in [9.17, 15) is 21.6 Å². The zero-order valence-electron chi connectivity index (χ0n) is 17.4. The van der Waals surface area contributed by atoms with Gasteiger partial charge >= 0.3 is 12.2 Å². The molecule has 0 saturated carbocycles. The normalized spacial score (nSPS) is 16.1. The number of benzene rings is 1. The molecule has 1 fully saturated rings. The van der Waals surface area contributed by atoms with Gasteiger partial charge in [0.05, 0.1) is 18.0 Å². The van der Waals surface area contributed by atoms with Crippen molar-refractivity contribution in [2.24, 2.45) is 0 Å². The highest BCUT2D eigenvalue weighted by atomic mass is 32.2. The van der Waals surface area contributed by atoms with Crippen molar-refractivity contribution in [2.45, 2.75) is 25.1 Å². The number of rotatable bonds is 7. The van der Waals surface area contributed by atoms with Gasteiger partial charge in [-0.2, -0.15) is 33.2 Å². The van der Waals surface area contributed by atoms with Crippen LogP contribution in [0.5, 0.6) is 6.01 Å². The van der Waals surface area contributed by atoms with Crippen LogP contribution < -0.4 is 15.4 Å². The Morgan fingerprint density at radius 3 is 2.61 bits per heavy atom. The summed E-state index contributed by atoms with van der Waals surface area (Å²) in [7, 11) is -3.28. The summed E-state index contributed by atoms with van der Waals surface area (Å²) >= 11 is 0. The van der Waals surface area contributed by atoms with Crippen LogP contribution in [0, 0.1) is 0 Å². The molecule has 2 aromatic heterocycles. The molecule has 1 aliphatic rings. The fraction of sp³-hybridized carbons (Fsp3) is 0.444. The van der Waals surface area contributed by atoms with Gasteiger partial charge in [0.15, 0.2) is 6.61 Å². The lowest BCUT2D eigenvalue weighted by molar-refractivity contribution is -0.154. The van der Waals surface area contributed by atoms with Crippen molar-refractivity contribution in [1.29, 1.82) is 0 Å². The second-order valence-corrected chi connectivity index (χ2v) is 9.53. The fourth-order valence-corrected chi connectivity index (χ4v) is 4.22. The van der Waals surface area contributed by atoms with Gasteiger partial charge in [-0.3, -0.25) is 5.10 Å². The summed E-state index contributed by atoms with van der Waals surface area (Å²) in [5, 5.41) is 13.6. The van der Waals surface area contributed by atoms with Crippen LogP contribution in [0.3, 0.4) is 0 Å². The minimum absolute atomic E-state index is 0.0166. The van der Waals surface area contributed by atoms with Crippen LogP contribution in [0.4, 0.5) is 30.8 Å². The molecule has 1 aromatic carbocycles. The maximum absolute atomic E-state index is 12.6. The molecule has 0 aliphatic carbocycles. The standard InChI is InChI=1S/C18H21F3N8O3S/c1-33(30,31)29-6-4-12(5-7-29)23-15-25-16(27-17(26-15)32-10-18(19,20)21)24-13-3-2-11-9-22-28-14(11)8-13/h2-3,8-9,12H,4-7,10H2,1H3,(H,22,28)(H2,23,24,25,26,27). The van der Waals surface area contributed by atoms with Gasteiger partial charge < -0.3 is 15.4 Å². The van der Waals surface area contributed by atoms with Crippen molar-refractivity contribution in [3.05, 3.63) is 24.4 Å². The Kier molecular flexibility index (Phi) is 6.25. The smallest absolute Gasteiger partial charge is 0.422 e. The molecule has 1 saturated heterocycles. The highest BCUT2D eigenvalue weighted by Crippen LogP contribution is 2.23. The van der Waals surface area contributed by atoms with Crippen LogP contribution in [-0.2, 0) is 10.0 Å². The van der Waals surface area contributed by atoms with Crippen molar-refractivity contribution < 1.29 is 26.3 Å². The Morgan fingerprint density at radius 2 is 1.91 bits per heavy atom. The predicted octanol–water partition coefficient (Wildman–Crippen LogP) is 2.27. The van der Waals surface area contributed by atoms with E-state index in [0.717, 1.165) is 17.2 Å². The Morgan fingerprint density at radius 1 is 1.18 bits per heavy atom. The molecule has 11 nitrogen and oxygen atoms in total. The lowest BCUT2D eigenvalue weighted by Gasteiger charge is -2.30. The first-order valence-corrected chi connectivity index (χ1v) is 11.8. The second kappa shape index (κ2) is 8.97. The second-order valence-electron chi connectivity index (χ2n) is 7.55. The van der Waals surface area contributed by atoms with E-state index >= 15 is 0 Å². The minimum Gasteiger partial charge on any atom is -0.454 e. The Labute approximate surface area is 186 Å². The summed E-state index contributed by atoms with van der Waals surface area (Å²) in [5.41, 5.74) is 1.32. The molecule has 3 N–H and O–H groups in total. The molecule has 3 aromatic rings. The Balaban J connectivity index is 1.52. The third-order valence-corrected chi connectivity index (χ3v) is 6.24. The van der Waals surface area contributed by atoms with Crippen LogP contribution in [0.1, 0.15) is 12.8 Å². The summed E-state index contributed by atoms with van der Waals surface area (Å²) in [4.78, 5) is 12.1. The first kappa shape index (κ1) is 23.0. The number of sulfonamides is 1. The number of hydrogen-bond donors (Lipinski definition) is 3. The Bertz CT molecular complexity index is 1230. The van der Waals surface area contributed by atoms with E-state index in [0.29, 0.717) is 31.6 Å². The third kappa shape index (κ3) is 6.19. The number of ether oxygens (including phenoxy) is 1. The lowest BCUT2D eigenvalue weighted by Crippen LogP contribution is -2.42. The van der Waals surface area contributed by atoms with Crippen LogP contribution in [0.2, 0.25) is 0 Å². The molecule has 0 bridgehead atoms. The van der Waals surface area contributed by atoms with Gasteiger partial charge in [-0.1, -0.05) is 0 Å². The number of hydrogen-bond acceptors (Lipinski definition) is 9. The van der Waals surface area contributed by atoms with Crippen molar-refractivity contribution in [1.82, 2.24) is 29.5 Å². The van der Waals surface area contributed by atoms with Gasteiger partial charge in [-0.25, -0.2) is 12.7 Å². The van der Waals surface area contributed by atoms with E-state index in [1.165, 1.54) is 4.31 Å². The van der Waals surface area contributed by atoms with Crippen LogP contribution in [-0.4, -0.2) is 76.0 Å². The van der Waals surface area contributed by atoms with Crippen molar-refractivity contribution >= 4 is 38.5 Å². The van der Waals surface area contributed by atoms with E-state index in [-0.39, 0.29) is 17.9 Å². The molecular weight excluding hydrogens is 465 g/mol. The topological polar surface area (TPSA) is 138 Å². The largest absolute Gasteiger partial charge is 0.454 e. The van der Waals surface area contributed by atoms with Crippen molar-refractivity contribution in [3.8, 4) is 6.01 Å². The fourth-order valence-electron chi connectivity index (χ4n) is 3.35. The van der Waals surface area contributed by atoms with E-state index < -0.39 is 28.8 Å². The maximum Gasteiger partial charge on any atom is 0.422 e. The molecule has 3 heterocycles. The number of halogens is 3. The van der Waals surface area contributed by atoms with Gasteiger partial charge in [0.25, 0.3) is 0 Å². The molecule has 0 radical (unpaired) electrons. The Hall–Kier alpha value is -3.20. The van der Waals surface area contributed by atoms with E-state index in [2.05, 4.69) is 35.8 Å². The molecule has 4 rings (SSSR count). The average Bonchev–Trinajstić information content (AvgIpc) is 3.19. The SMILES string of the molecule is CS(=O)(=O)N1CCC(Nc2nc(Nc3ccc4cn[nH]c4c3)nc(OCC(F)(F)F)n2)CC1. The van der Waals surface area contributed by atoms with Crippen molar-refractivity contribution in [3.63, 3.8) is 0 Å². The molecule has 178 valence electrons. The van der Waals surface area contributed by atoms with E-state index in [1.54, 1.807) is 24.4 Å². The monoisotopic (exact) mass is 486 g/mol. The molecule has 1 aliphatic heterocycles. The summed E-state index contributed by atoms with van der Waals surface area (Å²) in [6, 6.07) is 4.62. The minimum atomic E-state index is -4.56. The van der Waals surface area contributed by atoms with Crippen LogP contribution in [0.25, 0.3) is 10.9 Å². The molecule has 15 heteroatoms. The summed E-state index contributed by atoms with van der Waals surface area (Å²) in [5.74, 6) is 0.00205. The molecule has 0 spiro atoms. The average molecular weight is 486 g/mol. The third-order valence-electron chi connectivity index (χ3n) is 4.93. The maximum atomic E-state index is 12.6. The highest BCUT2D eigenvalue weighted by molar-refractivity contribution is 7.88. The van der Waals surface area contributed by atoms with Gasteiger partial charge in [0, 0.05) is 30.2 Å². The van der Waals surface area contributed by atoms with E-state index in [4.69, 9.17) is 4.74 Å². The number of aromatic amines is 1. The number of nitrogens with one attached hydrogen (secondary N) is 3. The predicted molar refractivity (Wildman–Crippen MR) is 114 cm³/mol. The zero-order valence-corrected chi connectivity index (χ0v) is 18.2. The molecule has 0 amide bonds. The number of anilines is 3. The summed E-state index contributed by atoms with van der Waals surface area (Å²) < 4.78 is 67.3. The lowest BCUT2D eigenvalue weighted by atomic mass is 10.1. The number of aromatic nitrogens is 5. The van der Waals surface area contributed by atoms with Crippen molar-refractivity contribution in [2.75, 3.05) is 36.6 Å². The molecular formula is C18H21F3N8O3S. The highest BCUT2D eigenvalue weighted by Gasteiger charge is 2.30. The first-order valence-electron chi connectivity index (χ1n) is 9.93. The number of fused-ring (bicyclic) bond motifs is 1. The van der Waals surface area contributed by atoms with Crippen LogP contribution in [0.15, 0.2) is 24.4 Å². The number of piperidine rings is 1. The molecule has 0 atom stereocenters. The van der Waals surface area contributed by atoms with Gasteiger partial charge in [0.1, 0.15) is 0 Å². The molecule has 33 heavy (non-hydrogen) atoms. The number of nitrogens with zero attached hydrogens (tertiary/aromatic N) is 5.